The minimum Gasteiger partial charge on any atom is -0.396 e. The summed E-state index contributed by atoms with van der Waals surface area (Å²) in [5, 5.41) is 9.63. The third kappa shape index (κ3) is 3.44. The van der Waals surface area contributed by atoms with Crippen molar-refractivity contribution in [2.45, 2.75) is 31.1 Å². The number of amides is 2. The van der Waals surface area contributed by atoms with Gasteiger partial charge >= 0.3 is 0 Å². The van der Waals surface area contributed by atoms with Gasteiger partial charge in [0.1, 0.15) is 0 Å². The number of benzene rings is 2. The largest absolute Gasteiger partial charge is 0.396 e. The molecule has 0 aromatic heterocycles. The summed E-state index contributed by atoms with van der Waals surface area (Å²) in [6, 6.07) is 17.7. The maximum absolute atomic E-state index is 13.5. The van der Waals surface area contributed by atoms with Crippen LogP contribution in [0.1, 0.15) is 30.4 Å². The SMILES string of the molecule is CN(CC1(CO)CC1)C(=O)C[C@]1(Cc2ccccc2)C(=O)N(C)c2ccccc21. The second kappa shape index (κ2) is 7.30. The number of nitrogens with zero attached hydrogens (tertiary/aromatic N) is 2. The molecular weight excluding hydrogens is 364 g/mol. The Bertz CT molecular complexity index is 923. The highest BCUT2D eigenvalue weighted by molar-refractivity contribution is 6.09. The minimum atomic E-state index is -0.909. The minimum absolute atomic E-state index is 0.0346. The van der Waals surface area contributed by atoms with Crippen molar-refractivity contribution in [3.05, 3.63) is 65.7 Å². The van der Waals surface area contributed by atoms with E-state index in [0.717, 1.165) is 29.7 Å². The Hall–Kier alpha value is -2.66. The Balaban J connectivity index is 1.68. The Labute approximate surface area is 171 Å². The monoisotopic (exact) mass is 392 g/mol. The van der Waals surface area contributed by atoms with Crippen molar-refractivity contribution >= 4 is 17.5 Å². The molecule has 1 heterocycles. The number of fused-ring (bicyclic) bond motifs is 1. The van der Waals surface area contributed by atoms with E-state index in [1.165, 1.54) is 0 Å². The van der Waals surface area contributed by atoms with Crippen LogP contribution in [0.15, 0.2) is 54.6 Å². The van der Waals surface area contributed by atoms with Crippen LogP contribution < -0.4 is 4.90 Å². The quantitative estimate of drug-likeness (QED) is 0.788. The van der Waals surface area contributed by atoms with Crippen molar-refractivity contribution < 1.29 is 14.7 Å². The highest BCUT2D eigenvalue weighted by Crippen LogP contribution is 2.47. The summed E-state index contributed by atoms with van der Waals surface area (Å²) in [6.45, 7) is 0.639. The molecule has 2 aromatic carbocycles. The molecule has 1 aliphatic heterocycles. The lowest BCUT2D eigenvalue weighted by molar-refractivity contribution is -0.136. The number of anilines is 1. The van der Waals surface area contributed by atoms with Crippen LogP contribution >= 0.6 is 0 Å². The van der Waals surface area contributed by atoms with E-state index in [4.69, 9.17) is 0 Å². The molecule has 152 valence electrons. The van der Waals surface area contributed by atoms with Gasteiger partial charge in [0.2, 0.25) is 11.8 Å². The average molecular weight is 392 g/mol. The molecule has 1 aliphatic carbocycles. The van der Waals surface area contributed by atoms with Crippen molar-refractivity contribution in [3.63, 3.8) is 0 Å². The fraction of sp³-hybridized carbons (Fsp3) is 0.417. The van der Waals surface area contributed by atoms with E-state index >= 15 is 0 Å². The zero-order chi connectivity index (χ0) is 20.6. The van der Waals surface area contributed by atoms with Gasteiger partial charge in [-0.2, -0.15) is 0 Å². The van der Waals surface area contributed by atoms with Gasteiger partial charge in [0.15, 0.2) is 0 Å². The van der Waals surface area contributed by atoms with Crippen LogP contribution in [-0.2, 0) is 21.4 Å². The number of hydrogen-bond acceptors (Lipinski definition) is 3. The van der Waals surface area contributed by atoms with Crippen molar-refractivity contribution in [2.24, 2.45) is 5.41 Å². The van der Waals surface area contributed by atoms with Crippen LogP contribution in [0.4, 0.5) is 5.69 Å². The average Bonchev–Trinajstić information content (AvgIpc) is 3.49. The number of carbonyl (C=O) groups is 2. The van der Waals surface area contributed by atoms with Gasteiger partial charge in [-0.3, -0.25) is 9.59 Å². The highest BCUT2D eigenvalue weighted by Gasteiger charge is 2.51. The van der Waals surface area contributed by atoms with Crippen molar-refractivity contribution in [2.75, 3.05) is 32.1 Å². The lowest BCUT2D eigenvalue weighted by atomic mass is 9.73. The van der Waals surface area contributed by atoms with Gasteiger partial charge in [0.25, 0.3) is 0 Å². The molecule has 4 rings (SSSR count). The van der Waals surface area contributed by atoms with Gasteiger partial charge in [-0.15, -0.1) is 0 Å². The van der Waals surface area contributed by atoms with Gasteiger partial charge in [-0.25, -0.2) is 0 Å². The first-order chi connectivity index (χ1) is 13.9. The Kier molecular flexibility index (Phi) is 4.95. The molecule has 5 heteroatoms. The van der Waals surface area contributed by atoms with Crippen LogP contribution in [-0.4, -0.2) is 49.1 Å². The molecular formula is C24H28N2O3. The normalized spacial score (nSPS) is 21.8. The number of para-hydroxylation sites is 1. The van der Waals surface area contributed by atoms with Crippen LogP contribution in [0.5, 0.6) is 0 Å². The molecule has 2 aromatic rings. The Morgan fingerprint density at radius 2 is 1.76 bits per heavy atom. The summed E-state index contributed by atoms with van der Waals surface area (Å²) in [7, 11) is 3.57. The second-order valence-electron chi connectivity index (χ2n) is 8.71. The number of rotatable bonds is 7. The number of carbonyl (C=O) groups excluding carboxylic acids is 2. The second-order valence-corrected chi connectivity index (χ2v) is 8.71. The summed E-state index contributed by atoms with van der Waals surface area (Å²) < 4.78 is 0. The molecule has 0 unspecified atom stereocenters. The third-order valence-electron chi connectivity index (χ3n) is 6.59. The van der Waals surface area contributed by atoms with Crippen LogP contribution in [0, 0.1) is 5.41 Å². The van der Waals surface area contributed by atoms with E-state index in [2.05, 4.69) is 0 Å². The maximum Gasteiger partial charge on any atom is 0.238 e. The Morgan fingerprint density at radius 3 is 2.41 bits per heavy atom. The van der Waals surface area contributed by atoms with Crippen LogP contribution in [0.2, 0.25) is 0 Å². The molecule has 0 bridgehead atoms. The molecule has 0 spiro atoms. The zero-order valence-electron chi connectivity index (χ0n) is 17.1. The fourth-order valence-corrected chi connectivity index (χ4v) is 4.59. The number of aliphatic hydroxyl groups excluding tert-OH is 1. The molecule has 5 nitrogen and oxygen atoms in total. The third-order valence-corrected chi connectivity index (χ3v) is 6.59. The van der Waals surface area contributed by atoms with Gasteiger partial charge in [0, 0.05) is 38.2 Å². The summed E-state index contributed by atoms with van der Waals surface area (Å²) in [6.07, 6.45) is 2.50. The zero-order valence-corrected chi connectivity index (χ0v) is 17.1. The van der Waals surface area contributed by atoms with Gasteiger partial charge in [-0.05, 0) is 36.5 Å². The van der Waals surface area contributed by atoms with Crippen LogP contribution in [0.25, 0.3) is 0 Å². The molecule has 2 aliphatic rings. The van der Waals surface area contributed by atoms with E-state index in [1.54, 1.807) is 23.9 Å². The topological polar surface area (TPSA) is 60.9 Å². The molecule has 1 fully saturated rings. The highest BCUT2D eigenvalue weighted by atomic mass is 16.3. The lowest BCUT2D eigenvalue weighted by Gasteiger charge is -2.31. The predicted octanol–water partition coefficient (Wildman–Crippen LogP) is 2.76. The van der Waals surface area contributed by atoms with E-state index < -0.39 is 5.41 Å². The van der Waals surface area contributed by atoms with Gasteiger partial charge < -0.3 is 14.9 Å². The van der Waals surface area contributed by atoms with E-state index in [1.807, 2.05) is 54.6 Å². The summed E-state index contributed by atoms with van der Waals surface area (Å²) in [5.41, 5.74) is 1.77. The molecule has 0 radical (unpaired) electrons. The summed E-state index contributed by atoms with van der Waals surface area (Å²) in [5.74, 6) is -0.0910. The molecule has 1 saturated carbocycles. The predicted molar refractivity (Wildman–Crippen MR) is 113 cm³/mol. The first-order valence-corrected chi connectivity index (χ1v) is 10.2. The van der Waals surface area contributed by atoms with Crippen molar-refractivity contribution in [1.82, 2.24) is 4.90 Å². The van der Waals surface area contributed by atoms with Crippen molar-refractivity contribution in [1.29, 1.82) is 0 Å². The Morgan fingerprint density at radius 1 is 1.10 bits per heavy atom. The first kappa shape index (κ1) is 19.6. The molecule has 1 N–H and O–H groups in total. The number of likely N-dealkylation sites (N-methyl/N-ethyl adjacent to an activating group) is 1. The molecule has 0 saturated heterocycles. The van der Waals surface area contributed by atoms with Gasteiger partial charge in [0.05, 0.1) is 12.0 Å². The first-order valence-electron chi connectivity index (χ1n) is 10.2. The van der Waals surface area contributed by atoms with Gasteiger partial charge in [-0.1, -0.05) is 48.5 Å². The van der Waals surface area contributed by atoms with E-state index in [9.17, 15) is 14.7 Å². The van der Waals surface area contributed by atoms with Crippen LogP contribution in [0.3, 0.4) is 0 Å². The molecule has 2 amide bonds. The number of aliphatic hydroxyl groups is 1. The smallest absolute Gasteiger partial charge is 0.238 e. The molecule has 29 heavy (non-hydrogen) atoms. The summed E-state index contributed by atoms with van der Waals surface area (Å²) in [4.78, 5) is 30.1. The maximum atomic E-state index is 13.5. The fourth-order valence-electron chi connectivity index (χ4n) is 4.59. The summed E-state index contributed by atoms with van der Waals surface area (Å²) >= 11 is 0. The standard InChI is InChI=1S/C24H28N2O3/c1-25(16-23(17-27)12-13-23)21(28)15-24(14-18-8-4-3-5-9-18)19-10-6-7-11-20(19)26(2)22(24)29/h3-11,27H,12-17H2,1-2H3/t24-/m0/s1. The number of hydrogen-bond donors (Lipinski definition) is 1. The van der Waals surface area contributed by atoms with E-state index in [-0.39, 0.29) is 30.3 Å². The van der Waals surface area contributed by atoms with E-state index in [0.29, 0.717) is 13.0 Å². The molecule has 1 atom stereocenters. The van der Waals surface area contributed by atoms with Crippen molar-refractivity contribution in [3.8, 4) is 0 Å². The lowest BCUT2D eigenvalue weighted by Crippen LogP contribution is -2.45.